The summed E-state index contributed by atoms with van der Waals surface area (Å²) in [5, 5.41) is 11.9. The van der Waals surface area contributed by atoms with E-state index >= 15 is 0 Å². The van der Waals surface area contributed by atoms with E-state index in [1.807, 2.05) is 19.2 Å². The van der Waals surface area contributed by atoms with Crippen molar-refractivity contribution in [3.05, 3.63) is 59.8 Å². The molecule has 3 rings (SSSR count). The number of likely N-dealkylation sites (N-methyl/N-ethyl adjacent to an activating group) is 1. The molecule has 1 aromatic heterocycles. The molecule has 0 amide bonds. The Morgan fingerprint density at radius 3 is 2.62 bits per heavy atom. The second kappa shape index (κ2) is 8.15. The van der Waals surface area contributed by atoms with Gasteiger partial charge in [0.05, 0.1) is 5.69 Å². The Morgan fingerprint density at radius 2 is 2.00 bits per heavy atom. The number of benzene rings is 1. The first kappa shape index (κ1) is 18.1. The fourth-order valence-corrected chi connectivity index (χ4v) is 3.12. The van der Waals surface area contributed by atoms with Crippen LogP contribution in [0.2, 0.25) is 0 Å². The van der Waals surface area contributed by atoms with Crippen LogP contribution < -0.4 is 16.0 Å². The van der Waals surface area contributed by atoms with Crippen LogP contribution in [0.1, 0.15) is 24.0 Å². The lowest BCUT2D eigenvalue weighted by atomic mass is 10.0. The molecule has 0 radical (unpaired) electrons. The molecule has 0 bridgehead atoms. The molecule has 1 aromatic carbocycles. The molecular formula is C21H27N5. The van der Waals surface area contributed by atoms with Crippen LogP contribution in [0.5, 0.6) is 0 Å². The van der Waals surface area contributed by atoms with Crippen LogP contribution in [0.4, 0.5) is 5.82 Å². The lowest BCUT2D eigenvalue weighted by Crippen LogP contribution is -2.40. The highest BCUT2D eigenvalue weighted by Gasteiger charge is 2.17. The van der Waals surface area contributed by atoms with E-state index in [1.54, 1.807) is 0 Å². The molecular weight excluding hydrogens is 322 g/mol. The van der Waals surface area contributed by atoms with E-state index in [2.05, 4.69) is 64.2 Å². The maximum atomic E-state index is 5.97. The second-order valence-electron chi connectivity index (χ2n) is 6.78. The van der Waals surface area contributed by atoms with Crippen molar-refractivity contribution in [2.24, 2.45) is 5.73 Å². The van der Waals surface area contributed by atoms with E-state index in [-0.39, 0.29) is 0 Å². The molecule has 0 aliphatic carbocycles. The Morgan fingerprint density at radius 1 is 1.23 bits per heavy atom. The number of allylic oxidation sites excluding steroid dienone is 1. The molecule has 0 unspecified atom stereocenters. The van der Waals surface area contributed by atoms with Gasteiger partial charge in [0.25, 0.3) is 0 Å². The fourth-order valence-electron chi connectivity index (χ4n) is 3.12. The van der Waals surface area contributed by atoms with Gasteiger partial charge in [0, 0.05) is 37.4 Å². The van der Waals surface area contributed by atoms with Gasteiger partial charge in [-0.1, -0.05) is 30.9 Å². The molecule has 1 saturated heterocycles. The van der Waals surface area contributed by atoms with Crippen LogP contribution in [0.15, 0.2) is 48.7 Å². The number of nitrogens with zero attached hydrogens (tertiary/aromatic N) is 3. The molecule has 26 heavy (non-hydrogen) atoms. The molecule has 5 nitrogen and oxygen atoms in total. The molecule has 5 heteroatoms. The SMILES string of the molecule is C=C(/C=C/c1ccc(-c2ccc(N3CCC(N)CC3)nn2)c(C)c1)NC. The normalized spacial score (nSPS) is 15.4. The largest absolute Gasteiger partial charge is 0.389 e. The number of aromatic nitrogens is 2. The van der Waals surface area contributed by atoms with Crippen LogP contribution in [0.25, 0.3) is 17.3 Å². The molecule has 2 heterocycles. The standard InChI is InChI=1S/C21H27N5/c1-15-14-17(5-4-16(2)23-3)6-7-19(15)20-8-9-21(25-24-20)26-12-10-18(22)11-13-26/h4-9,14,18,23H,2,10-13,22H2,1,3H3/b5-4+. The smallest absolute Gasteiger partial charge is 0.151 e. The summed E-state index contributed by atoms with van der Waals surface area (Å²) in [7, 11) is 1.86. The monoisotopic (exact) mass is 349 g/mol. The number of nitrogens with one attached hydrogen (secondary N) is 1. The van der Waals surface area contributed by atoms with Gasteiger partial charge < -0.3 is 16.0 Å². The van der Waals surface area contributed by atoms with E-state index < -0.39 is 0 Å². The number of hydrogen-bond acceptors (Lipinski definition) is 5. The molecule has 1 fully saturated rings. The Hall–Kier alpha value is -2.66. The van der Waals surface area contributed by atoms with Crippen molar-refractivity contribution in [1.29, 1.82) is 0 Å². The topological polar surface area (TPSA) is 67.1 Å². The molecule has 1 aliphatic heterocycles. The Balaban J connectivity index is 1.74. The zero-order valence-electron chi connectivity index (χ0n) is 15.6. The summed E-state index contributed by atoms with van der Waals surface area (Å²) in [5.74, 6) is 0.934. The van der Waals surface area contributed by atoms with E-state index in [1.165, 1.54) is 5.56 Å². The predicted octanol–water partition coefficient (Wildman–Crippen LogP) is 3.13. The van der Waals surface area contributed by atoms with Crippen molar-refractivity contribution in [3.8, 4) is 11.3 Å². The summed E-state index contributed by atoms with van der Waals surface area (Å²) in [4.78, 5) is 2.26. The third-order valence-electron chi connectivity index (χ3n) is 4.84. The van der Waals surface area contributed by atoms with Gasteiger partial charge in [0.2, 0.25) is 0 Å². The molecule has 0 spiro atoms. The number of anilines is 1. The quantitative estimate of drug-likeness (QED) is 0.812. The highest BCUT2D eigenvalue weighted by atomic mass is 15.3. The van der Waals surface area contributed by atoms with Gasteiger partial charge in [0.15, 0.2) is 5.82 Å². The van der Waals surface area contributed by atoms with E-state index in [0.717, 1.165) is 54.3 Å². The molecule has 0 saturated carbocycles. The van der Waals surface area contributed by atoms with Crippen molar-refractivity contribution < 1.29 is 0 Å². The first-order valence-corrected chi connectivity index (χ1v) is 9.07. The number of nitrogens with two attached hydrogens (primary N) is 1. The van der Waals surface area contributed by atoms with Gasteiger partial charge in [-0.15, -0.1) is 10.2 Å². The van der Waals surface area contributed by atoms with Crippen LogP contribution in [-0.4, -0.2) is 36.4 Å². The minimum atomic E-state index is 0.318. The zero-order chi connectivity index (χ0) is 18.5. The summed E-state index contributed by atoms with van der Waals surface area (Å²) in [5.41, 5.74) is 11.2. The van der Waals surface area contributed by atoms with Crippen molar-refractivity contribution in [2.45, 2.75) is 25.8 Å². The Labute approximate surface area is 155 Å². The van der Waals surface area contributed by atoms with Crippen molar-refractivity contribution in [2.75, 3.05) is 25.0 Å². The molecule has 3 N–H and O–H groups in total. The van der Waals surface area contributed by atoms with Gasteiger partial charge in [-0.05, 0) is 49.1 Å². The molecule has 136 valence electrons. The number of rotatable bonds is 5. The highest BCUT2D eigenvalue weighted by molar-refractivity contribution is 5.67. The summed E-state index contributed by atoms with van der Waals surface area (Å²) >= 11 is 0. The fraction of sp³-hybridized carbons (Fsp3) is 0.333. The van der Waals surface area contributed by atoms with Crippen LogP contribution in [0, 0.1) is 6.92 Å². The first-order valence-electron chi connectivity index (χ1n) is 9.07. The predicted molar refractivity (Wildman–Crippen MR) is 109 cm³/mol. The van der Waals surface area contributed by atoms with Gasteiger partial charge >= 0.3 is 0 Å². The van der Waals surface area contributed by atoms with Crippen LogP contribution in [0.3, 0.4) is 0 Å². The van der Waals surface area contributed by atoms with Gasteiger partial charge in [-0.25, -0.2) is 0 Å². The number of piperidine rings is 1. The number of aryl methyl sites for hydroxylation is 1. The Kier molecular flexibility index (Phi) is 5.68. The van der Waals surface area contributed by atoms with Crippen molar-refractivity contribution >= 4 is 11.9 Å². The average Bonchev–Trinajstić information content (AvgIpc) is 2.67. The lowest BCUT2D eigenvalue weighted by molar-refractivity contribution is 0.497. The first-order chi connectivity index (χ1) is 12.6. The van der Waals surface area contributed by atoms with Gasteiger partial charge in [-0.3, -0.25) is 0 Å². The van der Waals surface area contributed by atoms with Crippen molar-refractivity contribution in [3.63, 3.8) is 0 Å². The second-order valence-corrected chi connectivity index (χ2v) is 6.78. The minimum Gasteiger partial charge on any atom is -0.389 e. The van der Waals surface area contributed by atoms with E-state index in [9.17, 15) is 0 Å². The molecule has 2 aromatic rings. The summed E-state index contributed by atoms with van der Waals surface area (Å²) in [6.45, 7) is 7.90. The maximum absolute atomic E-state index is 5.97. The minimum absolute atomic E-state index is 0.318. The van der Waals surface area contributed by atoms with Gasteiger partial charge in [0.1, 0.15) is 0 Å². The lowest BCUT2D eigenvalue weighted by Gasteiger charge is -2.30. The third kappa shape index (κ3) is 4.29. The Bertz CT molecular complexity index is 787. The molecule has 1 aliphatic rings. The van der Waals surface area contributed by atoms with Gasteiger partial charge in [-0.2, -0.15) is 0 Å². The highest BCUT2D eigenvalue weighted by Crippen LogP contribution is 2.24. The average molecular weight is 349 g/mol. The van der Waals surface area contributed by atoms with Crippen molar-refractivity contribution in [1.82, 2.24) is 15.5 Å². The van der Waals surface area contributed by atoms with Crippen LogP contribution >= 0.6 is 0 Å². The zero-order valence-corrected chi connectivity index (χ0v) is 15.6. The summed E-state index contributed by atoms with van der Waals surface area (Å²) in [6, 6.07) is 10.8. The summed E-state index contributed by atoms with van der Waals surface area (Å²) in [6.07, 6.45) is 6.04. The summed E-state index contributed by atoms with van der Waals surface area (Å²) < 4.78 is 0. The third-order valence-corrected chi connectivity index (χ3v) is 4.84. The molecule has 0 atom stereocenters. The van der Waals surface area contributed by atoms with E-state index in [4.69, 9.17) is 5.73 Å². The number of hydrogen-bond donors (Lipinski definition) is 2. The maximum Gasteiger partial charge on any atom is 0.151 e. The van der Waals surface area contributed by atoms with E-state index in [0.29, 0.717) is 6.04 Å². The van der Waals surface area contributed by atoms with Crippen LogP contribution in [-0.2, 0) is 0 Å².